The van der Waals surface area contributed by atoms with E-state index < -0.39 is 0 Å². The monoisotopic (exact) mass is 882 g/mol. The average molecular weight is 883 g/mol. The van der Waals surface area contributed by atoms with Crippen LogP contribution in [0.15, 0.2) is 243 Å². The fourth-order valence-electron chi connectivity index (χ4n) is 10.6. The third-order valence-electron chi connectivity index (χ3n) is 13.9. The van der Waals surface area contributed by atoms with Crippen LogP contribution in [0.4, 0.5) is 0 Å². The summed E-state index contributed by atoms with van der Waals surface area (Å²) < 4.78 is 4.72. The molecule has 8 aromatic carbocycles. The van der Waals surface area contributed by atoms with Gasteiger partial charge in [-0.25, -0.2) is 9.97 Å². The summed E-state index contributed by atoms with van der Waals surface area (Å²) in [7, 11) is 0. The number of para-hydroxylation sites is 2. The molecule has 12 aromatic rings. The molecule has 0 bridgehead atoms. The third kappa shape index (κ3) is 7.08. The number of benzene rings is 8. The van der Waals surface area contributed by atoms with E-state index in [4.69, 9.17) is 9.97 Å². The molecule has 0 fully saturated rings. The highest BCUT2D eigenvalue weighted by molar-refractivity contribution is 6.26. The Morgan fingerprint density at radius 2 is 0.855 bits per heavy atom. The van der Waals surface area contributed by atoms with Crippen LogP contribution in [0.25, 0.3) is 117 Å². The molecule has 1 atom stereocenters. The van der Waals surface area contributed by atoms with Crippen molar-refractivity contribution in [2.75, 3.05) is 0 Å². The zero-order valence-corrected chi connectivity index (χ0v) is 38.2. The van der Waals surface area contributed by atoms with Crippen LogP contribution in [0, 0.1) is 5.92 Å². The first kappa shape index (κ1) is 40.4. The SMILES string of the molecule is CC1CC=CC=C1c1cc(-c2ccccc2)cc(-c2cccc(-n3c4ccccc4c4c3ccc3c5ccccc5n(-c5cccc(-c6cc(-c7ccccc7)cc(-c7ccccc7)c6)n5)c34)n2)c1. The molecule has 326 valence electrons. The van der Waals surface area contributed by atoms with Crippen molar-refractivity contribution >= 4 is 49.2 Å². The molecule has 4 heteroatoms. The third-order valence-corrected chi connectivity index (χ3v) is 13.9. The largest absolute Gasteiger partial charge is 0.294 e. The number of allylic oxidation sites excluding steroid dienone is 4. The summed E-state index contributed by atoms with van der Waals surface area (Å²) in [6.07, 6.45) is 7.77. The van der Waals surface area contributed by atoms with Crippen molar-refractivity contribution < 1.29 is 0 Å². The van der Waals surface area contributed by atoms with Gasteiger partial charge in [-0.1, -0.05) is 171 Å². The lowest BCUT2D eigenvalue weighted by Crippen LogP contribution is -2.02. The lowest BCUT2D eigenvalue weighted by Gasteiger charge is -2.20. The molecule has 0 spiro atoms. The zero-order valence-electron chi connectivity index (χ0n) is 38.2. The second-order valence-electron chi connectivity index (χ2n) is 18.2. The number of fused-ring (bicyclic) bond motifs is 7. The molecule has 4 nitrogen and oxygen atoms in total. The average Bonchev–Trinajstić information content (AvgIpc) is 3.95. The lowest BCUT2D eigenvalue weighted by atomic mass is 9.85. The maximum absolute atomic E-state index is 5.56. The summed E-state index contributed by atoms with van der Waals surface area (Å²) in [5, 5.41) is 4.69. The Balaban J connectivity index is 1.00. The van der Waals surface area contributed by atoms with Crippen molar-refractivity contribution in [3.05, 3.63) is 248 Å². The predicted octanol–water partition coefficient (Wildman–Crippen LogP) is 17.0. The van der Waals surface area contributed by atoms with Crippen LogP contribution in [0.2, 0.25) is 0 Å². The number of nitrogens with zero attached hydrogens (tertiary/aromatic N) is 4. The summed E-state index contributed by atoms with van der Waals surface area (Å²) >= 11 is 0. The van der Waals surface area contributed by atoms with E-state index in [2.05, 4.69) is 259 Å². The van der Waals surface area contributed by atoms with Gasteiger partial charge in [0.25, 0.3) is 0 Å². The summed E-state index contributed by atoms with van der Waals surface area (Å²) in [4.78, 5) is 11.1. The Morgan fingerprint density at radius 1 is 0.377 bits per heavy atom. The number of hydrogen-bond donors (Lipinski definition) is 0. The van der Waals surface area contributed by atoms with E-state index in [0.717, 1.165) is 84.5 Å². The van der Waals surface area contributed by atoms with Crippen molar-refractivity contribution in [3.8, 4) is 67.5 Å². The van der Waals surface area contributed by atoms with E-state index in [9.17, 15) is 0 Å². The lowest BCUT2D eigenvalue weighted by molar-refractivity contribution is 0.758. The first-order valence-electron chi connectivity index (χ1n) is 23.9. The van der Waals surface area contributed by atoms with E-state index in [1.165, 1.54) is 44.2 Å². The Bertz CT molecular complexity index is 3930. The molecule has 13 rings (SSSR count). The van der Waals surface area contributed by atoms with E-state index in [1.54, 1.807) is 0 Å². The van der Waals surface area contributed by atoms with Crippen LogP contribution in [0.1, 0.15) is 18.9 Å². The van der Waals surface area contributed by atoms with Gasteiger partial charge < -0.3 is 0 Å². The van der Waals surface area contributed by atoms with Gasteiger partial charge in [0.1, 0.15) is 11.6 Å². The van der Waals surface area contributed by atoms with E-state index in [-0.39, 0.29) is 0 Å². The second kappa shape index (κ2) is 16.8. The molecular weight excluding hydrogens is 837 g/mol. The minimum Gasteiger partial charge on any atom is -0.294 e. The smallest absolute Gasteiger partial charge is 0.138 e. The summed E-state index contributed by atoms with van der Waals surface area (Å²) in [6.45, 7) is 2.32. The quantitative estimate of drug-likeness (QED) is 0.152. The van der Waals surface area contributed by atoms with Crippen LogP contribution >= 0.6 is 0 Å². The van der Waals surface area contributed by atoms with Crippen molar-refractivity contribution in [1.82, 2.24) is 19.1 Å². The van der Waals surface area contributed by atoms with Crippen LogP contribution < -0.4 is 0 Å². The van der Waals surface area contributed by atoms with Crippen LogP contribution in [0.5, 0.6) is 0 Å². The maximum atomic E-state index is 5.56. The number of hydrogen-bond acceptors (Lipinski definition) is 2. The molecule has 0 aliphatic heterocycles. The van der Waals surface area contributed by atoms with Gasteiger partial charge in [-0.15, -0.1) is 0 Å². The Kier molecular flexibility index (Phi) is 9.83. The molecule has 0 saturated carbocycles. The highest BCUT2D eigenvalue weighted by Crippen LogP contribution is 2.43. The normalized spacial score (nSPS) is 13.7. The molecule has 1 unspecified atom stereocenters. The van der Waals surface area contributed by atoms with Crippen molar-refractivity contribution in [1.29, 1.82) is 0 Å². The maximum Gasteiger partial charge on any atom is 0.138 e. The van der Waals surface area contributed by atoms with Crippen LogP contribution in [-0.2, 0) is 0 Å². The molecule has 4 heterocycles. The Labute approximate surface area is 401 Å². The van der Waals surface area contributed by atoms with Gasteiger partial charge in [0.15, 0.2) is 0 Å². The number of aromatic nitrogens is 4. The van der Waals surface area contributed by atoms with Crippen molar-refractivity contribution in [2.24, 2.45) is 5.92 Å². The summed E-state index contributed by atoms with van der Waals surface area (Å²) in [6, 6.07) is 80.7. The van der Waals surface area contributed by atoms with Gasteiger partial charge in [0.2, 0.25) is 0 Å². The van der Waals surface area contributed by atoms with Gasteiger partial charge in [0.05, 0.1) is 33.5 Å². The molecule has 1 aliphatic rings. The first-order valence-corrected chi connectivity index (χ1v) is 23.9. The molecule has 1 aliphatic carbocycles. The van der Waals surface area contributed by atoms with Crippen LogP contribution in [-0.4, -0.2) is 19.1 Å². The van der Waals surface area contributed by atoms with Gasteiger partial charge in [-0.05, 0) is 136 Å². The number of pyridine rings is 2. The highest BCUT2D eigenvalue weighted by Gasteiger charge is 2.23. The minimum atomic E-state index is 0.425. The van der Waals surface area contributed by atoms with Gasteiger partial charge in [0, 0.05) is 32.7 Å². The predicted molar refractivity (Wildman–Crippen MR) is 289 cm³/mol. The summed E-state index contributed by atoms with van der Waals surface area (Å²) in [5.41, 5.74) is 18.0. The van der Waals surface area contributed by atoms with Gasteiger partial charge >= 0.3 is 0 Å². The second-order valence-corrected chi connectivity index (χ2v) is 18.2. The van der Waals surface area contributed by atoms with Gasteiger partial charge in [-0.3, -0.25) is 9.13 Å². The molecule has 4 aromatic heterocycles. The number of rotatable bonds is 8. The van der Waals surface area contributed by atoms with Crippen molar-refractivity contribution in [3.63, 3.8) is 0 Å². The topological polar surface area (TPSA) is 35.6 Å². The molecule has 0 amide bonds. The zero-order chi connectivity index (χ0) is 45.8. The van der Waals surface area contributed by atoms with E-state index >= 15 is 0 Å². The molecule has 0 saturated heterocycles. The standard InChI is InChI=1S/C65H46N4/c1-43-19-11-12-26-53(43)50-38-49(46-24-9-4-10-25-46)41-52(42-50)58-29-17-33-62(66-58)68-60-32-16-14-28-56(60)64-61(68)36-35-55-54-27-13-15-31-59(54)69(65(55)64)63-34-18-30-57(67-63)51-39-47(44-20-5-2-6-21-44)37-48(40-51)45-22-7-3-8-23-45/h2-18,20-43H,19H2,1H3. The Morgan fingerprint density at radius 3 is 1.43 bits per heavy atom. The fourth-order valence-corrected chi connectivity index (χ4v) is 10.6. The highest BCUT2D eigenvalue weighted by atomic mass is 15.1. The van der Waals surface area contributed by atoms with Crippen LogP contribution in [0.3, 0.4) is 0 Å². The first-order chi connectivity index (χ1) is 34.1. The van der Waals surface area contributed by atoms with Crippen molar-refractivity contribution in [2.45, 2.75) is 13.3 Å². The van der Waals surface area contributed by atoms with E-state index in [1.807, 2.05) is 0 Å². The molecular formula is C65H46N4. The minimum absolute atomic E-state index is 0.425. The van der Waals surface area contributed by atoms with E-state index in [0.29, 0.717) is 5.92 Å². The van der Waals surface area contributed by atoms with Gasteiger partial charge in [-0.2, -0.15) is 0 Å². The molecule has 69 heavy (non-hydrogen) atoms. The summed E-state index contributed by atoms with van der Waals surface area (Å²) in [5.74, 6) is 2.16. The molecule has 0 radical (unpaired) electrons. The fraction of sp³-hybridized carbons (Fsp3) is 0.0462. The Hall–Kier alpha value is -8.86. The molecule has 0 N–H and O–H groups in total.